The first-order valence-corrected chi connectivity index (χ1v) is 9.84. The molecule has 2 N–H and O–H groups in total. The van der Waals surface area contributed by atoms with Crippen LogP contribution in [0.4, 0.5) is 5.69 Å². The Kier molecular flexibility index (Phi) is 8.32. The van der Waals surface area contributed by atoms with Crippen molar-refractivity contribution in [3.8, 4) is 5.75 Å². The van der Waals surface area contributed by atoms with Crippen molar-refractivity contribution in [3.63, 3.8) is 0 Å². The van der Waals surface area contributed by atoms with E-state index in [-0.39, 0.29) is 16.1 Å². The first kappa shape index (κ1) is 21.8. The molecule has 0 atom stereocenters. The van der Waals surface area contributed by atoms with Gasteiger partial charge in [0.05, 0.1) is 24.1 Å². The lowest BCUT2D eigenvalue weighted by Crippen LogP contribution is -2.23. The largest absolute Gasteiger partial charge is 0.493 e. The van der Waals surface area contributed by atoms with Gasteiger partial charge in [0, 0.05) is 13.1 Å². The Morgan fingerprint density at radius 1 is 1.32 bits per heavy atom. The van der Waals surface area contributed by atoms with Crippen LogP contribution in [0.2, 0.25) is 5.02 Å². The number of aryl methyl sites for hydroxylation is 2. The number of aromatic carboxylic acids is 1. The molecule has 0 saturated carbocycles. The quantitative estimate of drug-likeness (QED) is 0.550. The molecule has 28 heavy (non-hydrogen) atoms. The number of nitrogens with zero attached hydrogens (tertiary/aromatic N) is 2. The molecule has 0 unspecified atom stereocenters. The molecule has 2 rings (SSSR count). The van der Waals surface area contributed by atoms with E-state index in [0.29, 0.717) is 37.6 Å². The van der Waals surface area contributed by atoms with Crippen LogP contribution in [0.15, 0.2) is 29.2 Å². The summed E-state index contributed by atoms with van der Waals surface area (Å²) in [5, 5.41) is 16.4. The lowest BCUT2D eigenvalue weighted by molar-refractivity contribution is 0.0696. The van der Waals surface area contributed by atoms with Gasteiger partial charge in [-0.15, -0.1) is 0 Å². The van der Waals surface area contributed by atoms with Gasteiger partial charge >= 0.3 is 5.97 Å². The SMILES string of the molecule is CCCCc1cc(C(=O)O)ccc1OCCCNc1cnn(CC)c(=O)c1Cl. The third kappa shape index (κ3) is 5.73. The van der Waals surface area contributed by atoms with Crippen molar-refractivity contribution in [1.29, 1.82) is 0 Å². The Labute approximate surface area is 169 Å². The molecule has 0 radical (unpaired) electrons. The Bertz CT molecular complexity index is 867. The number of carbonyl (C=O) groups is 1. The second-order valence-corrected chi connectivity index (χ2v) is 6.73. The molecule has 0 aliphatic heterocycles. The van der Waals surface area contributed by atoms with E-state index in [1.54, 1.807) is 24.4 Å². The van der Waals surface area contributed by atoms with Gasteiger partial charge in [-0.1, -0.05) is 24.9 Å². The molecular weight excluding hydrogens is 382 g/mol. The summed E-state index contributed by atoms with van der Waals surface area (Å²) >= 11 is 6.08. The topological polar surface area (TPSA) is 93.4 Å². The highest BCUT2D eigenvalue weighted by molar-refractivity contribution is 6.32. The Hall–Kier alpha value is -2.54. The van der Waals surface area contributed by atoms with Gasteiger partial charge in [-0.25, -0.2) is 9.48 Å². The van der Waals surface area contributed by atoms with E-state index in [9.17, 15) is 9.59 Å². The Morgan fingerprint density at radius 2 is 2.11 bits per heavy atom. The normalized spacial score (nSPS) is 10.7. The van der Waals surface area contributed by atoms with Crippen LogP contribution in [0.25, 0.3) is 0 Å². The fraction of sp³-hybridized carbons (Fsp3) is 0.450. The summed E-state index contributed by atoms with van der Waals surface area (Å²) in [7, 11) is 0. The maximum absolute atomic E-state index is 12.0. The van der Waals surface area contributed by atoms with Crippen LogP contribution in [-0.2, 0) is 13.0 Å². The second-order valence-electron chi connectivity index (χ2n) is 6.35. The molecule has 1 heterocycles. The van der Waals surface area contributed by atoms with Crippen molar-refractivity contribution < 1.29 is 14.6 Å². The predicted molar refractivity (Wildman–Crippen MR) is 110 cm³/mol. The third-order valence-corrected chi connectivity index (χ3v) is 4.65. The number of hydrogen-bond acceptors (Lipinski definition) is 5. The average molecular weight is 408 g/mol. The number of rotatable bonds is 11. The molecule has 1 aromatic heterocycles. The molecule has 1 aromatic carbocycles. The summed E-state index contributed by atoms with van der Waals surface area (Å²) < 4.78 is 7.15. The van der Waals surface area contributed by atoms with Crippen molar-refractivity contribution in [2.75, 3.05) is 18.5 Å². The van der Waals surface area contributed by atoms with E-state index >= 15 is 0 Å². The van der Waals surface area contributed by atoms with Crippen LogP contribution in [0.1, 0.15) is 49.0 Å². The lowest BCUT2D eigenvalue weighted by Gasteiger charge is -2.13. The Morgan fingerprint density at radius 3 is 2.79 bits per heavy atom. The first-order chi connectivity index (χ1) is 13.5. The lowest BCUT2D eigenvalue weighted by atomic mass is 10.0. The van der Waals surface area contributed by atoms with Crippen molar-refractivity contribution >= 4 is 23.3 Å². The number of benzene rings is 1. The number of nitrogens with one attached hydrogen (secondary N) is 1. The number of carboxylic acids is 1. The number of hydrogen-bond donors (Lipinski definition) is 2. The minimum atomic E-state index is -0.941. The zero-order chi connectivity index (χ0) is 20.5. The van der Waals surface area contributed by atoms with Gasteiger partial charge in [-0.05, 0) is 49.9 Å². The molecular formula is C20H26ClN3O4. The summed E-state index contributed by atoms with van der Waals surface area (Å²) in [5.41, 5.74) is 1.37. The number of ether oxygens (including phenoxy) is 1. The van der Waals surface area contributed by atoms with Gasteiger partial charge in [-0.2, -0.15) is 5.10 Å². The monoisotopic (exact) mass is 407 g/mol. The second kappa shape index (κ2) is 10.7. The maximum atomic E-state index is 12.0. The van der Waals surface area contributed by atoms with Crippen LogP contribution >= 0.6 is 11.6 Å². The van der Waals surface area contributed by atoms with E-state index in [4.69, 9.17) is 21.4 Å². The fourth-order valence-corrected chi connectivity index (χ4v) is 2.92. The summed E-state index contributed by atoms with van der Waals surface area (Å²) in [6.07, 6.45) is 4.99. The minimum absolute atomic E-state index is 0.129. The standard InChI is InChI=1S/C20H26ClN3O4/c1-3-5-7-14-12-15(20(26)27)8-9-17(14)28-11-6-10-22-16-13-23-24(4-2)19(25)18(16)21/h8-9,12-13,22H,3-7,10-11H2,1-2H3,(H,26,27). The molecule has 0 saturated heterocycles. The van der Waals surface area contributed by atoms with E-state index in [2.05, 4.69) is 17.3 Å². The molecule has 0 bridgehead atoms. The fourth-order valence-electron chi connectivity index (χ4n) is 2.71. The van der Waals surface area contributed by atoms with Crippen LogP contribution in [-0.4, -0.2) is 34.0 Å². The third-order valence-electron chi connectivity index (χ3n) is 4.29. The molecule has 2 aromatic rings. The molecule has 0 aliphatic rings. The van der Waals surface area contributed by atoms with Gasteiger partial charge in [0.15, 0.2) is 0 Å². The highest BCUT2D eigenvalue weighted by atomic mass is 35.5. The summed E-state index contributed by atoms with van der Waals surface area (Å²) in [4.78, 5) is 23.1. The number of anilines is 1. The molecule has 7 nitrogen and oxygen atoms in total. The molecule has 0 fully saturated rings. The highest BCUT2D eigenvalue weighted by Crippen LogP contribution is 2.23. The zero-order valence-electron chi connectivity index (χ0n) is 16.2. The van der Waals surface area contributed by atoms with E-state index in [1.165, 1.54) is 4.68 Å². The number of unbranched alkanes of at least 4 members (excludes halogenated alkanes) is 1. The molecule has 0 aliphatic carbocycles. The number of aromatic nitrogens is 2. The first-order valence-electron chi connectivity index (χ1n) is 9.46. The van der Waals surface area contributed by atoms with Gasteiger partial charge in [0.1, 0.15) is 10.8 Å². The summed E-state index contributed by atoms with van der Waals surface area (Å²) in [6.45, 7) is 5.40. The zero-order valence-corrected chi connectivity index (χ0v) is 17.0. The minimum Gasteiger partial charge on any atom is -0.493 e. The van der Waals surface area contributed by atoms with Crippen LogP contribution in [0, 0.1) is 0 Å². The summed E-state index contributed by atoms with van der Waals surface area (Å²) in [6, 6.07) is 4.95. The average Bonchev–Trinajstić information content (AvgIpc) is 2.69. The summed E-state index contributed by atoms with van der Waals surface area (Å²) in [5.74, 6) is -0.229. The van der Waals surface area contributed by atoms with Crippen molar-refractivity contribution in [2.24, 2.45) is 0 Å². The molecule has 152 valence electrons. The van der Waals surface area contributed by atoms with Crippen LogP contribution in [0.5, 0.6) is 5.75 Å². The molecule has 0 amide bonds. The molecule has 0 spiro atoms. The van der Waals surface area contributed by atoms with Gasteiger partial charge in [0.2, 0.25) is 0 Å². The highest BCUT2D eigenvalue weighted by Gasteiger charge is 2.10. The maximum Gasteiger partial charge on any atom is 0.335 e. The van der Waals surface area contributed by atoms with Crippen molar-refractivity contribution in [2.45, 2.75) is 46.1 Å². The smallest absolute Gasteiger partial charge is 0.335 e. The molecule has 8 heteroatoms. The van der Waals surface area contributed by atoms with Gasteiger partial charge in [-0.3, -0.25) is 4.79 Å². The predicted octanol–water partition coefficient (Wildman–Crippen LogP) is 3.84. The van der Waals surface area contributed by atoms with E-state index in [1.807, 2.05) is 6.92 Å². The van der Waals surface area contributed by atoms with E-state index < -0.39 is 5.97 Å². The van der Waals surface area contributed by atoms with Crippen LogP contribution in [0.3, 0.4) is 0 Å². The van der Waals surface area contributed by atoms with E-state index in [0.717, 1.165) is 24.8 Å². The Balaban J connectivity index is 1.90. The van der Waals surface area contributed by atoms with Crippen molar-refractivity contribution in [1.82, 2.24) is 9.78 Å². The van der Waals surface area contributed by atoms with Gasteiger partial charge < -0.3 is 15.2 Å². The van der Waals surface area contributed by atoms with Crippen LogP contribution < -0.4 is 15.6 Å². The number of carboxylic acid groups (broad SMARTS) is 1. The van der Waals surface area contributed by atoms with Gasteiger partial charge in [0.25, 0.3) is 5.56 Å². The van der Waals surface area contributed by atoms with Crippen molar-refractivity contribution in [3.05, 3.63) is 50.9 Å². The number of halogens is 1.